The lowest BCUT2D eigenvalue weighted by atomic mass is 10.2. The Kier molecular flexibility index (Phi) is 5.89. The highest BCUT2D eigenvalue weighted by molar-refractivity contribution is 7.90. The van der Waals surface area contributed by atoms with Gasteiger partial charge in [-0.15, -0.1) is 0 Å². The van der Waals surface area contributed by atoms with Crippen molar-refractivity contribution in [1.82, 2.24) is 19.7 Å². The van der Waals surface area contributed by atoms with E-state index in [9.17, 15) is 12.8 Å². The van der Waals surface area contributed by atoms with Crippen LogP contribution >= 0.6 is 0 Å². The third-order valence-corrected chi connectivity index (χ3v) is 7.31. The predicted octanol–water partition coefficient (Wildman–Crippen LogP) is 1.93. The summed E-state index contributed by atoms with van der Waals surface area (Å²) in [6, 6.07) is 9.02. The first-order valence-electron chi connectivity index (χ1n) is 10.2. The number of rotatable bonds is 6. The average Bonchev–Trinajstić information content (AvgIpc) is 3.40. The molecule has 0 fully saturated rings. The smallest absolute Gasteiger partial charge is 0.217 e. The van der Waals surface area contributed by atoms with Gasteiger partial charge in [-0.05, 0) is 32.9 Å². The van der Waals surface area contributed by atoms with Crippen LogP contribution in [0.1, 0.15) is 32.0 Å². The zero-order chi connectivity index (χ0) is 23.8. The first kappa shape index (κ1) is 22.8. The average molecular weight is 474 g/mol. The van der Waals surface area contributed by atoms with Crippen LogP contribution in [0.5, 0.6) is 0 Å². The molecular weight excluding hydrogens is 449 g/mol. The molecule has 4 rings (SSSR count). The van der Waals surface area contributed by atoms with Gasteiger partial charge in [-0.2, -0.15) is 5.10 Å². The molecule has 0 bridgehead atoms. The molecule has 1 atom stereocenters. The van der Waals surface area contributed by atoms with Crippen LogP contribution in [0.15, 0.2) is 57.2 Å². The molecule has 0 saturated heterocycles. The van der Waals surface area contributed by atoms with E-state index in [4.69, 9.17) is 10.3 Å². The molecule has 0 saturated carbocycles. The fourth-order valence-electron chi connectivity index (χ4n) is 3.09. The van der Waals surface area contributed by atoms with Gasteiger partial charge in [0.2, 0.25) is 10.0 Å². The quantitative estimate of drug-likeness (QED) is 0.560. The first-order valence-corrected chi connectivity index (χ1v) is 11.7. The third kappa shape index (κ3) is 4.71. The van der Waals surface area contributed by atoms with Crippen LogP contribution in [-0.2, 0) is 16.6 Å². The maximum Gasteiger partial charge on any atom is 0.217 e. The Morgan fingerprint density at radius 1 is 1.24 bits per heavy atom. The van der Waals surface area contributed by atoms with Crippen LogP contribution in [0.2, 0.25) is 0 Å². The van der Waals surface area contributed by atoms with Crippen molar-refractivity contribution in [3.05, 3.63) is 59.7 Å². The van der Waals surface area contributed by atoms with Gasteiger partial charge in [0.1, 0.15) is 29.3 Å². The van der Waals surface area contributed by atoms with E-state index in [1.165, 1.54) is 12.3 Å². The number of hydrogen-bond acceptors (Lipinski definition) is 8. The van der Waals surface area contributed by atoms with Crippen LogP contribution in [0.25, 0.3) is 11.4 Å². The Labute approximate surface area is 190 Å². The molecule has 174 valence electrons. The summed E-state index contributed by atoms with van der Waals surface area (Å²) >= 11 is 0. The molecule has 0 aliphatic carbocycles. The van der Waals surface area contributed by atoms with Crippen molar-refractivity contribution in [2.45, 2.75) is 38.1 Å². The molecule has 1 aromatic carbocycles. The number of hydrogen-bond donors (Lipinski definition) is 2. The molecule has 3 heterocycles. The van der Waals surface area contributed by atoms with E-state index in [1.807, 2.05) is 0 Å². The van der Waals surface area contributed by atoms with Crippen LogP contribution in [0, 0.1) is 5.82 Å². The van der Waals surface area contributed by atoms with Crippen molar-refractivity contribution >= 4 is 21.7 Å². The molecule has 1 unspecified atom stereocenters. The highest BCUT2D eigenvalue weighted by Crippen LogP contribution is 2.22. The summed E-state index contributed by atoms with van der Waals surface area (Å²) < 4.78 is 47.2. The molecule has 0 amide bonds. The van der Waals surface area contributed by atoms with E-state index in [-0.39, 0.29) is 30.6 Å². The van der Waals surface area contributed by atoms with Crippen molar-refractivity contribution in [3.8, 4) is 11.4 Å². The van der Waals surface area contributed by atoms with Gasteiger partial charge in [0.15, 0.2) is 5.84 Å². The van der Waals surface area contributed by atoms with Crippen LogP contribution in [0.4, 0.5) is 4.39 Å². The number of aliphatic imine (C=N–C) groups is 2. The summed E-state index contributed by atoms with van der Waals surface area (Å²) in [5.74, 6) is -0.0258. The second-order valence-electron chi connectivity index (χ2n) is 8.54. The molecule has 0 radical (unpaired) electrons. The zero-order valence-corrected chi connectivity index (χ0v) is 19.2. The molecule has 3 N–H and O–H groups in total. The second-order valence-corrected chi connectivity index (χ2v) is 11.0. The number of halogens is 1. The summed E-state index contributed by atoms with van der Waals surface area (Å²) in [4.78, 5) is 8.67. The molecule has 33 heavy (non-hydrogen) atoms. The molecule has 2 aromatic heterocycles. The van der Waals surface area contributed by atoms with Crippen LogP contribution < -0.4 is 10.5 Å². The first-order chi connectivity index (χ1) is 15.5. The summed E-state index contributed by atoms with van der Waals surface area (Å²) in [5, 5.41) is 8.49. The minimum absolute atomic E-state index is 0.0689. The third-order valence-electron chi connectivity index (χ3n) is 5.11. The lowest BCUT2D eigenvalue weighted by Crippen LogP contribution is -2.52. The normalized spacial score (nSPS) is 17.0. The number of aromatic nitrogens is 3. The van der Waals surface area contributed by atoms with E-state index in [1.54, 1.807) is 55.8 Å². The number of nitrogens with two attached hydrogens (primary N) is 1. The number of nitrogens with zero attached hydrogens (tertiary/aromatic N) is 5. The second kappa shape index (κ2) is 8.52. The maximum absolute atomic E-state index is 14.2. The van der Waals surface area contributed by atoms with Gasteiger partial charge in [-0.1, -0.05) is 23.4 Å². The highest BCUT2D eigenvalue weighted by Gasteiger charge is 2.33. The van der Waals surface area contributed by atoms with Gasteiger partial charge in [0.25, 0.3) is 0 Å². The van der Waals surface area contributed by atoms with E-state index in [0.717, 1.165) is 0 Å². The highest BCUT2D eigenvalue weighted by atomic mass is 32.2. The monoisotopic (exact) mass is 473 g/mol. The molecule has 12 heteroatoms. The summed E-state index contributed by atoms with van der Waals surface area (Å²) in [6.45, 7) is 4.99. The number of amidine groups is 2. The summed E-state index contributed by atoms with van der Waals surface area (Å²) in [7, 11) is -3.64. The molecule has 10 nitrogen and oxygen atoms in total. The minimum Gasteiger partial charge on any atom is -0.386 e. The number of benzene rings is 1. The Hall–Kier alpha value is -3.38. The van der Waals surface area contributed by atoms with E-state index >= 15 is 0 Å². The van der Waals surface area contributed by atoms with Crippen molar-refractivity contribution in [2.24, 2.45) is 15.7 Å². The Balaban J connectivity index is 1.64. The molecule has 1 aliphatic rings. The van der Waals surface area contributed by atoms with Crippen LogP contribution in [0.3, 0.4) is 0 Å². The SMILES string of the molecule is CC(C)(C)S(=O)(=O)NC1CN=C(c2cc(-c3ccon3)n(Cc3ccccc3F)n2)N=C1N. The minimum atomic E-state index is -3.64. The molecule has 0 spiro atoms. The topological polar surface area (TPSA) is 141 Å². The van der Waals surface area contributed by atoms with Crippen molar-refractivity contribution in [1.29, 1.82) is 0 Å². The van der Waals surface area contributed by atoms with Crippen molar-refractivity contribution < 1.29 is 17.3 Å². The van der Waals surface area contributed by atoms with Gasteiger partial charge in [0.05, 0.1) is 29.6 Å². The fraction of sp³-hybridized carbons (Fsp3) is 0.333. The van der Waals surface area contributed by atoms with Gasteiger partial charge in [-0.25, -0.2) is 22.5 Å². The zero-order valence-electron chi connectivity index (χ0n) is 18.4. The molecular formula is C21H24FN7O3S. The lowest BCUT2D eigenvalue weighted by molar-refractivity contribution is 0.421. The Morgan fingerprint density at radius 3 is 2.64 bits per heavy atom. The van der Waals surface area contributed by atoms with E-state index < -0.39 is 20.8 Å². The van der Waals surface area contributed by atoms with Gasteiger partial charge in [-0.3, -0.25) is 9.67 Å². The van der Waals surface area contributed by atoms with Crippen molar-refractivity contribution in [3.63, 3.8) is 0 Å². The number of sulfonamides is 1. The van der Waals surface area contributed by atoms with E-state index in [0.29, 0.717) is 22.6 Å². The van der Waals surface area contributed by atoms with Crippen LogP contribution in [-0.4, -0.2) is 52.4 Å². The Morgan fingerprint density at radius 2 is 2.00 bits per heavy atom. The Bertz CT molecular complexity index is 1320. The lowest BCUT2D eigenvalue weighted by Gasteiger charge is -2.25. The fourth-order valence-corrected chi connectivity index (χ4v) is 4.02. The summed E-state index contributed by atoms with van der Waals surface area (Å²) in [6.07, 6.45) is 1.43. The number of nitrogens with one attached hydrogen (secondary N) is 1. The van der Waals surface area contributed by atoms with Gasteiger partial charge < -0.3 is 10.3 Å². The largest absolute Gasteiger partial charge is 0.386 e. The maximum atomic E-state index is 14.2. The van der Waals surface area contributed by atoms with Crippen molar-refractivity contribution in [2.75, 3.05) is 6.54 Å². The van der Waals surface area contributed by atoms with E-state index in [2.05, 4.69) is 25.0 Å². The molecule has 3 aromatic rings. The summed E-state index contributed by atoms with van der Waals surface area (Å²) in [5.41, 5.74) is 8.00. The predicted molar refractivity (Wildman–Crippen MR) is 122 cm³/mol. The van der Waals surface area contributed by atoms with Gasteiger partial charge >= 0.3 is 0 Å². The molecule has 1 aliphatic heterocycles. The standard InChI is InChI=1S/C21H24FN7O3S/c1-21(2,3)33(30,31)28-17-11-24-20(25-19(17)23)16-10-18(15-8-9-32-27-15)29(26-16)12-13-6-4-5-7-14(13)22/h4-10,17,28H,11-12H2,1-3H3,(H2,23,24,25). The van der Waals surface area contributed by atoms with Gasteiger partial charge in [0, 0.05) is 11.6 Å².